The average molecular weight is 216 g/mol. The Morgan fingerprint density at radius 2 is 1.94 bits per heavy atom. The third-order valence-electron chi connectivity index (χ3n) is 3.20. The van der Waals surface area contributed by atoms with Crippen LogP contribution in [0.15, 0.2) is 24.3 Å². The Balaban J connectivity index is 2.75. The highest BCUT2D eigenvalue weighted by molar-refractivity contribution is 5.85. The molecule has 2 heteroatoms. The van der Waals surface area contributed by atoms with Crippen molar-refractivity contribution in [3.63, 3.8) is 0 Å². The lowest BCUT2D eigenvalue weighted by atomic mass is 10.0. The largest absolute Gasteiger partial charge is 0.347 e. The van der Waals surface area contributed by atoms with Crippen LogP contribution in [0.4, 0.5) is 0 Å². The first-order valence-electron chi connectivity index (χ1n) is 5.93. The highest BCUT2D eigenvalue weighted by Crippen LogP contribution is 2.30. The Labute approximate surface area is 97.1 Å². The van der Waals surface area contributed by atoms with Crippen LogP contribution in [0.2, 0.25) is 0 Å². The normalized spacial score (nSPS) is 11.6. The van der Waals surface area contributed by atoms with Gasteiger partial charge in [0.05, 0.1) is 0 Å². The van der Waals surface area contributed by atoms with Crippen molar-refractivity contribution in [1.29, 1.82) is 0 Å². The van der Waals surface area contributed by atoms with Crippen LogP contribution >= 0.6 is 0 Å². The molecule has 0 amide bonds. The van der Waals surface area contributed by atoms with Gasteiger partial charge in [-0.15, -0.1) is 0 Å². The zero-order valence-corrected chi connectivity index (χ0v) is 10.3. The summed E-state index contributed by atoms with van der Waals surface area (Å²) in [6, 6.07) is 8.58. The first-order chi connectivity index (χ1) is 7.66. The van der Waals surface area contributed by atoms with E-state index in [-0.39, 0.29) is 0 Å². The third kappa shape index (κ3) is 1.63. The molecule has 2 aromatic rings. The molecule has 0 atom stereocenters. The molecule has 2 nitrogen and oxygen atoms in total. The van der Waals surface area contributed by atoms with E-state index in [9.17, 15) is 0 Å². The maximum absolute atomic E-state index is 5.72. The monoisotopic (exact) mass is 216 g/mol. The summed E-state index contributed by atoms with van der Waals surface area (Å²) in [5.41, 5.74) is 9.88. The number of nitrogens with zero attached hydrogens (tertiary/aromatic N) is 1. The van der Waals surface area contributed by atoms with E-state index in [0.29, 0.717) is 12.5 Å². The molecule has 0 fully saturated rings. The lowest BCUT2D eigenvalue weighted by Gasteiger charge is -2.10. The van der Waals surface area contributed by atoms with Crippen LogP contribution in [0.1, 0.15) is 31.0 Å². The second-order valence-electron chi connectivity index (χ2n) is 4.63. The van der Waals surface area contributed by atoms with Crippen molar-refractivity contribution in [2.45, 2.75) is 26.2 Å². The van der Waals surface area contributed by atoms with Gasteiger partial charge in [0.25, 0.3) is 0 Å². The smallest absolute Gasteiger partial charge is 0.0482 e. The first kappa shape index (κ1) is 11.2. The minimum absolute atomic E-state index is 0.541. The summed E-state index contributed by atoms with van der Waals surface area (Å²) in [4.78, 5) is 0. The Morgan fingerprint density at radius 3 is 2.56 bits per heavy atom. The van der Waals surface area contributed by atoms with Crippen molar-refractivity contribution in [3.05, 3.63) is 35.5 Å². The van der Waals surface area contributed by atoms with Crippen LogP contribution in [0.5, 0.6) is 0 Å². The molecule has 0 saturated heterocycles. The van der Waals surface area contributed by atoms with Gasteiger partial charge in [-0.2, -0.15) is 0 Å². The van der Waals surface area contributed by atoms with Crippen LogP contribution < -0.4 is 5.73 Å². The number of aromatic nitrogens is 1. The molecule has 0 saturated carbocycles. The van der Waals surface area contributed by atoms with E-state index < -0.39 is 0 Å². The Bertz CT molecular complexity index is 495. The number of hydrogen-bond acceptors (Lipinski definition) is 1. The van der Waals surface area contributed by atoms with Gasteiger partial charge >= 0.3 is 0 Å². The van der Waals surface area contributed by atoms with Crippen molar-refractivity contribution < 1.29 is 0 Å². The molecule has 0 aliphatic rings. The van der Waals surface area contributed by atoms with Crippen LogP contribution in [0, 0.1) is 0 Å². The van der Waals surface area contributed by atoms with Crippen LogP contribution in [-0.4, -0.2) is 11.1 Å². The highest BCUT2D eigenvalue weighted by Gasteiger charge is 2.15. The van der Waals surface area contributed by atoms with E-state index in [1.165, 1.54) is 22.2 Å². The molecule has 0 radical (unpaired) electrons. The molecule has 0 aliphatic carbocycles. The fourth-order valence-electron chi connectivity index (χ4n) is 2.63. The number of fused-ring (bicyclic) bond motifs is 1. The topological polar surface area (TPSA) is 30.9 Å². The van der Waals surface area contributed by atoms with Crippen molar-refractivity contribution in [1.82, 2.24) is 4.57 Å². The van der Waals surface area contributed by atoms with E-state index in [4.69, 9.17) is 5.73 Å². The second-order valence-corrected chi connectivity index (χ2v) is 4.63. The summed E-state index contributed by atoms with van der Waals surface area (Å²) in [7, 11) is 2.15. The quantitative estimate of drug-likeness (QED) is 0.840. The molecule has 0 spiro atoms. The molecule has 0 unspecified atom stereocenters. The molecule has 86 valence electrons. The lowest BCUT2D eigenvalue weighted by Crippen LogP contribution is -2.07. The summed E-state index contributed by atoms with van der Waals surface area (Å²) in [6.07, 6.45) is 0.967. The van der Waals surface area contributed by atoms with E-state index in [2.05, 4.69) is 49.7 Å². The van der Waals surface area contributed by atoms with E-state index in [1.807, 2.05) is 0 Å². The SMILES string of the molecule is CC(C)c1c(CCN)c2ccccc2n1C. The summed E-state index contributed by atoms with van der Waals surface area (Å²) in [5.74, 6) is 0.541. The molecule has 2 N–H and O–H groups in total. The molecule has 0 aliphatic heterocycles. The summed E-state index contributed by atoms with van der Waals surface area (Å²) >= 11 is 0. The standard InChI is InChI=1S/C14H20N2/c1-10(2)14-12(8-9-15)11-6-4-5-7-13(11)16(14)3/h4-7,10H,8-9,15H2,1-3H3. The first-order valence-corrected chi connectivity index (χ1v) is 5.93. The molecular weight excluding hydrogens is 196 g/mol. The predicted molar refractivity (Wildman–Crippen MR) is 69.8 cm³/mol. The summed E-state index contributed by atoms with van der Waals surface area (Å²) in [5, 5.41) is 1.36. The van der Waals surface area contributed by atoms with Crippen molar-refractivity contribution in [3.8, 4) is 0 Å². The van der Waals surface area contributed by atoms with Crippen molar-refractivity contribution in [2.24, 2.45) is 12.8 Å². The van der Waals surface area contributed by atoms with Gasteiger partial charge in [0, 0.05) is 23.6 Å². The van der Waals surface area contributed by atoms with E-state index >= 15 is 0 Å². The van der Waals surface area contributed by atoms with E-state index in [0.717, 1.165) is 6.42 Å². The molecule has 16 heavy (non-hydrogen) atoms. The summed E-state index contributed by atoms with van der Waals surface area (Å²) < 4.78 is 2.31. The Kier molecular flexibility index (Phi) is 3.01. The maximum atomic E-state index is 5.72. The van der Waals surface area contributed by atoms with Crippen LogP contribution in [0.3, 0.4) is 0 Å². The zero-order chi connectivity index (χ0) is 11.7. The second kappa shape index (κ2) is 4.30. The summed E-state index contributed by atoms with van der Waals surface area (Å²) in [6.45, 7) is 5.20. The van der Waals surface area contributed by atoms with Crippen molar-refractivity contribution >= 4 is 10.9 Å². The van der Waals surface area contributed by atoms with E-state index in [1.54, 1.807) is 0 Å². The number of hydrogen-bond donors (Lipinski definition) is 1. The molecule has 1 aromatic heterocycles. The number of rotatable bonds is 3. The zero-order valence-electron chi connectivity index (χ0n) is 10.3. The Morgan fingerprint density at radius 1 is 1.25 bits per heavy atom. The maximum Gasteiger partial charge on any atom is 0.0482 e. The van der Waals surface area contributed by atoms with Crippen LogP contribution in [0.25, 0.3) is 10.9 Å². The molecule has 1 aromatic carbocycles. The van der Waals surface area contributed by atoms with Gasteiger partial charge < -0.3 is 10.3 Å². The van der Waals surface area contributed by atoms with Gasteiger partial charge in [0.15, 0.2) is 0 Å². The number of para-hydroxylation sites is 1. The average Bonchev–Trinajstić information content (AvgIpc) is 2.54. The lowest BCUT2D eigenvalue weighted by molar-refractivity contribution is 0.737. The number of aryl methyl sites for hydroxylation is 1. The minimum atomic E-state index is 0.541. The highest BCUT2D eigenvalue weighted by atomic mass is 15.0. The number of benzene rings is 1. The van der Waals surface area contributed by atoms with Crippen LogP contribution in [-0.2, 0) is 13.5 Å². The molecule has 2 rings (SSSR count). The van der Waals surface area contributed by atoms with Gasteiger partial charge in [-0.25, -0.2) is 0 Å². The molecule has 0 bridgehead atoms. The van der Waals surface area contributed by atoms with Gasteiger partial charge in [-0.3, -0.25) is 0 Å². The van der Waals surface area contributed by atoms with Gasteiger partial charge in [0.2, 0.25) is 0 Å². The van der Waals surface area contributed by atoms with Gasteiger partial charge in [-0.1, -0.05) is 32.0 Å². The molecular formula is C14H20N2. The Hall–Kier alpha value is -1.28. The predicted octanol–water partition coefficient (Wildman–Crippen LogP) is 2.80. The van der Waals surface area contributed by atoms with Gasteiger partial charge in [-0.05, 0) is 30.5 Å². The minimum Gasteiger partial charge on any atom is -0.347 e. The number of nitrogens with two attached hydrogens (primary N) is 1. The third-order valence-corrected chi connectivity index (χ3v) is 3.20. The molecule has 1 heterocycles. The van der Waals surface area contributed by atoms with Crippen molar-refractivity contribution in [2.75, 3.05) is 6.54 Å². The fourth-order valence-corrected chi connectivity index (χ4v) is 2.63. The fraction of sp³-hybridized carbons (Fsp3) is 0.429. The van der Waals surface area contributed by atoms with Gasteiger partial charge in [0.1, 0.15) is 0 Å².